The van der Waals surface area contributed by atoms with Crippen LogP contribution in [0.5, 0.6) is 0 Å². The molecule has 8 nitrogen and oxygen atoms in total. The molecule has 0 radical (unpaired) electrons. The van der Waals surface area contributed by atoms with Crippen molar-refractivity contribution in [2.24, 2.45) is 0 Å². The van der Waals surface area contributed by atoms with Crippen LogP contribution in [0.25, 0.3) is 11.0 Å². The van der Waals surface area contributed by atoms with E-state index in [1.807, 2.05) is 23.2 Å². The van der Waals surface area contributed by atoms with E-state index in [-0.39, 0.29) is 17.0 Å². The number of halogens is 5. The summed E-state index contributed by atoms with van der Waals surface area (Å²) < 4.78 is 35.1. The summed E-state index contributed by atoms with van der Waals surface area (Å²) in [4.78, 5) is 4.10. The maximum atomic E-state index is 13.6. The van der Waals surface area contributed by atoms with Gasteiger partial charge in [-0.25, -0.2) is 23.5 Å². The van der Waals surface area contributed by atoms with Gasteiger partial charge in [-0.3, -0.25) is 0 Å². The van der Waals surface area contributed by atoms with Crippen molar-refractivity contribution in [3.05, 3.63) is 115 Å². The fraction of sp³-hybridized carbons (Fsp3) is 0.143. The molecule has 0 amide bonds. The van der Waals surface area contributed by atoms with Gasteiger partial charge in [-0.15, -0.1) is 0 Å². The maximum absolute atomic E-state index is 13.6. The number of hydrogen-bond acceptors (Lipinski definition) is 7. The Hall–Kier alpha value is -2.60. The highest BCUT2D eigenvalue weighted by Gasteiger charge is 2.45. The summed E-state index contributed by atoms with van der Waals surface area (Å²) >= 11 is 32.6. The molecule has 6 rings (SSSR count). The highest BCUT2D eigenvalue weighted by atomic mass is 35.5. The Kier molecular flexibility index (Phi) is 8.30. The van der Waals surface area contributed by atoms with E-state index < -0.39 is 28.0 Å². The van der Waals surface area contributed by atoms with E-state index in [4.69, 9.17) is 62.5 Å². The molecule has 5 aromatic rings. The van der Waals surface area contributed by atoms with Crippen molar-refractivity contribution in [1.29, 1.82) is 0 Å². The van der Waals surface area contributed by atoms with Gasteiger partial charge in [0, 0.05) is 29.7 Å². The lowest BCUT2D eigenvalue weighted by atomic mass is 9.83. The Balaban J connectivity index is 1.48. The second-order valence-electron chi connectivity index (χ2n) is 9.54. The number of fused-ring (bicyclic) bond motifs is 1. The molecule has 0 saturated carbocycles. The third-order valence-corrected chi connectivity index (χ3v) is 10.4. The lowest BCUT2D eigenvalue weighted by Crippen LogP contribution is -2.45. The van der Waals surface area contributed by atoms with E-state index in [1.54, 1.807) is 48.5 Å². The molecular formula is C28H20Cl5N5O3S. The van der Waals surface area contributed by atoms with Crippen molar-refractivity contribution < 1.29 is 12.9 Å². The Labute approximate surface area is 266 Å². The average molecular weight is 684 g/mol. The molecule has 42 heavy (non-hydrogen) atoms. The fourth-order valence-corrected chi connectivity index (χ4v) is 7.34. The SMILES string of the molecule is O=S(=O)(NCC1C(c2cccc(Cl)c2Cl)C(c2ccc(Cl)cc2)NN1c1cccc(Cl)c1Cl)c1nccc2oncc12. The fourth-order valence-electron chi connectivity index (χ4n) is 5.22. The van der Waals surface area contributed by atoms with Crippen molar-refractivity contribution in [3.63, 3.8) is 0 Å². The van der Waals surface area contributed by atoms with Gasteiger partial charge in [-0.2, -0.15) is 0 Å². The van der Waals surface area contributed by atoms with Crippen molar-refractivity contribution in [2.75, 3.05) is 11.6 Å². The summed E-state index contributed by atoms with van der Waals surface area (Å²) in [6, 6.07) is 18.5. The Morgan fingerprint density at radius 2 is 1.62 bits per heavy atom. The predicted molar refractivity (Wildman–Crippen MR) is 166 cm³/mol. The zero-order chi connectivity index (χ0) is 29.6. The summed E-state index contributed by atoms with van der Waals surface area (Å²) in [6.45, 7) is -0.0842. The number of rotatable bonds is 7. The summed E-state index contributed by atoms with van der Waals surface area (Å²) in [6.07, 6.45) is 2.67. The molecule has 1 aliphatic heterocycles. The normalized spacial score (nSPS) is 19.1. The van der Waals surface area contributed by atoms with Crippen molar-refractivity contribution in [2.45, 2.75) is 23.0 Å². The van der Waals surface area contributed by atoms with Crippen LogP contribution in [0.3, 0.4) is 0 Å². The van der Waals surface area contributed by atoms with E-state index in [2.05, 4.69) is 20.3 Å². The first-order valence-corrected chi connectivity index (χ1v) is 15.9. The van der Waals surface area contributed by atoms with Crippen LogP contribution in [-0.2, 0) is 10.0 Å². The molecule has 2 N–H and O–H groups in total. The van der Waals surface area contributed by atoms with Gasteiger partial charge >= 0.3 is 0 Å². The zero-order valence-electron chi connectivity index (χ0n) is 21.3. The molecule has 0 bridgehead atoms. The number of pyridine rings is 1. The van der Waals surface area contributed by atoms with E-state index in [0.717, 1.165) is 5.56 Å². The molecular weight excluding hydrogens is 664 g/mol. The van der Waals surface area contributed by atoms with Crippen LogP contribution in [0.2, 0.25) is 25.1 Å². The second kappa shape index (κ2) is 11.8. The van der Waals surface area contributed by atoms with E-state index >= 15 is 0 Å². The van der Waals surface area contributed by atoms with Gasteiger partial charge in [0.2, 0.25) is 0 Å². The van der Waals surface area contributed by atoms with E-state index in [1.165, 1.54) is 12.4 Å². The number of nitrogens with one attached hydrogen (secondary N) is 2. The smallest absolute Gasteiger partial charge is 0.258 e. The van der Waals surface area contributed by atoms with Crippen LogP contribution < -0.4 is 15.2 Å². The first-order chi connectivity index (χ1) is 20.2. The van der Waals surface area contributed by atoms with Gasteiger partial charge in [0.25, 0.3) is 10.0 Å². The van der Waals surface area contributed by atoms with E-state index in [0.29, 0.717) is 41.9 Å². The highest BCUT2D eigenvalue weighted by Crippen LogP contribution is 2.48. The molecule has 3 heterocycles. The third kappa shape index (κ3) is 5.44. The van der Waals surface area contributed by atoms with Crippen LogP contribution in [0, 0.1) is 0 Å². The Morgan fingerprint density at radius 3 is 2.38 bits per heavy atom. The number of hydrazine groups is 1. The number of benzene rings is 3. The summed E-state index contributed by atoms with van der Waals surface area (Å²) in [5.74, 6) is -0.436. The first kappa shape index (κ1) is 29.5. The summed E-state index contributed by atoms with van der Waals surface area (Å²) in [5, 5.41) is 7.51. The number of anilines is 1. The minimum absolute atomic E-state index is 0.0842. The molecule has 3 aromatic carbocycles. The van der Waals surface area contributed by atoms with Gasteiger partial charge < -0.3 is 9.53 Å². The topological polar surface area (TPSA) is 100 Å². The largest absolute Gasteiger partial charge is 0.356 e. The van der Waals surface area contributed by atoms with Gasteiger partial charge in [0.1, 0.15) is 0 Å². The van der Waals surface area contributed by atoms with Crippen LogP contribution in [0.1, 0.15) is 23.1 Å². The number of sulfonamides is 1. The summed E-state index contributed by atoms with van der Waals surface area (Å²) in [5.41, 5.74) is 5.96. The quantitative estimate of drug-likeness (QED) is 0.182. The van der Waals surface area contributed by atoms with Gasteiger partial charge in [-0.05, 0) is 41.5 Å². The average Bonchev–Trinajstić information content (AvgIpc) is 3.60. The lowest BCUT2D eigenvalue weighted by molar-refractivity contribution is 0.456. The molecule has 1 aliphatic rings. The van der Waals surface area contributed by atoms with Crippen LogP contribution in [0.4, 0.5) is 5.69 Å². The van der Waals surface area contributed by atoms with Gasteiger partial charge in [-0.1, -0.05) is 93.5 Å². The number of aromatic nitrogens is 2. The van der Waals surface area contributed by atoms with Crippen LogP contribution in [0.15, 0.2) is 88.7 Å². The molecule has 3 unspecified atom stereocenters. The summed E-state index contributed by atoms with van der Waals surface area (Å²) in [7, 11) is -4.13. The van der Waals surface area contributed by atoms with E-state index in [9.17, 15) is 8.42 Å². The predicted octanol–water partition coefficient (Wildman–Crippen LogP) is 7.69. The number of hydrogen-bond donors (Lipinski definition) is 2. The Morgan fingerprint density at radius 1 is 0.905 bits per heavy atom. The second-order valence-corrected chi connectivity index (χ2v) is 13.2. The third-order valence-electron chi connectivity index (χ3n) is 7.13. The first-order valence-electron chi connectivity index (χ1n) is 12.5. The standard InChI is InChI=1S/C28H20Cl5N5O3S/c29-16-9-7-15(8-10-16)27-24(17-3-1-4-19(30)25(17)32)22(38(37-27)21-6-2-5-20(31)26(21)33)14-36-42(39,40)28-18-13-35-41-23(18)11-12-34-28/h1-13,22,24,27,36-37H,14H2. The van der Waals surface area contributed by atoms with Gasteiger partial charge in [0.15, 0.2) is 10.6 Å². The van der Waals surface area contributed by atoms with Crippen molar-refractivity contribution >= 4 is 84.7 Å². The van der Waals surface area contributed by atoms with Crippen molar-refractivity contribution in [3.8, 4) is 0 Å². The monoisotopic (exact) mass is 681 g/mol. The zero-order valence-corrected chi connectivity index (χ0v) is 25.9. The molecule has 0 aliphatic carbocycles. The number of nitrogens with zero attached hydrogens (tertiary/aromatic N) is 3. The molecule has 1 fully saturated rings. The minimum Gasteiger partial charge on any atom is -0.356 e. The molecule has 3 atom stereocenters. The maximum Gasteiger partial charge on any atom is 0.258 e. The highest BCUT2D eigenvalue weighted by molar-refractivity contribution is 7.89. The molecule has 0 spiro atoms. The molecule has 2 aromatic heterocycles. The van der Waals surface area contributed by atoms with Crippen LogP contribution >= 0.6 is 58.0 Å². The lowest BCUT2D eigenvalue weighted by Gasteiger charge is -2.30. The Bertz CT molecular complexity index is 1890. The molecule has 216 valence electrons. The van der Waals surface area contributed by atoms with Crippen LogP contribution in [-0.4, -0.2) is 31.1 Å². The minimum atomic E-state index is -4.13. The van der Waals surface area contributed by atoms with Crippen molar-refractivity contribution in [1.82, 2.24) is 20.3 Å². The van der Waals surface area contributed by atoms with Gasteiger partial charge in [0.05, 0.1) is 49.4 Å². The molecule has 14 heteroatoms. The molecule has 1 saturated heterocycles.